The van der Waals surface area contributed by atoms with E-state index in [0.717, 1.165) is 4.47 Å². The zero-order chi connectivity index (χ0) is 12.1. The molecule has 2 amide bonds. The largest absolute Gasteiger partial charge is 0.395 e. The predicted molar refractivity (Wildman–Crippen MR) is 67.9 cm³/mol. The molecule has 0 heterocycles. The number of amides is 2. The summed E-state index contributed by atoms with van der Waals surface area (Å²) in [5, 5.41) is 11.8. The minimum Gasteiger partial charge on any atom is -0.395 e. The highest BCUT2D eigenvalue weighted by atomic mass is 79.9. The summed E-state index contributed by atoms with van der Waals surface area (Å²) >= 11 is 9.22. The molecule has 1 aromatic carbocycles. The average Bonchev–Trinajstić information content (AvgIpc) is 2.22. The maximum absolute atomic E-state index is 11.6. The van der Waals surface area contributed by atoms with Gasteiger partial charge in [-0.25, -0.2) is 4.79 Å². The highest BCUT2D eigenvalue weighted by Crippen LogP contribution is 2.25. The molecule has 0 radical (unpaired) electrons. The fraction of sp³-hybridized carbons (Fsp3) is 0.300. The summed E-state index contributed by atoms with van der Waals surface area (Å²) in [5.41, 5.74) is 0.541. The van der Waals surface area contributed by atoms with Crippen molar-refractivity contribution in [2.45, 2.75) is 0 Å². The van der Waals surface area contributed by atoms with Crippen molar-refractivity contribution in [2.24, 2.45) is 0 Å². The Balaban J connectivity index is 2.69. The summed E-state index contributed by atoms with van der Waals surface area (Å²) in [6.07, 6.45) is 0. The zero-order valence-electron chi connectivity index (χ0n) is 8.70. The van der Waals surface area contributed by atoms with Crippen LogP contribution in [0.5, 0.6) is 0 Å². The number of carbonyl (C=O) groups is 1. The summed E-state index contributed by atoms with van der Waals surface area (Å²) in [5.74, 6) is 0. The van der Waals surface area contributed by atoms with E-state index in [1.165, 1.54) is 4.90 Å². The van der Waals surface area contributed by atoms with Crippen LogP contribution in [0.15, 0.2) is 22.7 Å². The molecule has 1 rings (SSSR count). The van der Waals surface area contributed by atoms with E-state index >= 15 is 0 Å². The highest BCUT2D eigenvalue weighted by molar-refractivity contribution is 9.10. The zero-order valence-corrected chi connectivity index (χ0v) is 11.0. The molecule has 16 heavy (non-hydrogen) atoms. The van der Waals surface area contributed by atoms with E-state index in [0.29, 0.717) is 10.7 Å². The summed E-state index contributed by atoms with van der Waals surface area (Å²) in [6, 6.07) is 4.88. The number of aliphatic hydroxyl groups is 1. The Morgan fingerprint density at radius 3 is 2.88 bits per heavy atom. The Morgan fingerprint density at radius 1 is 1.62 bits per heavy atom. The number of rotatable bonds is 3. The lowest BCUT2D eigenvalue weighted by atomic mass is 10.3. The van der Waals surface area contributed by atoms with Crippen LogP contribution in [0.4, 0.5) is 10.5 Å². The SMILES string of the molecule is CN(CCO)C(=O)Nc1ccc(Br)cc1Cl. The van der Waals surface area contributed by atoms with Gasteiger partial charge in [-0.05, 0) is 18.2 Å². The molecule has 0 unspecified atom stereocenters. The van der Waals surface area contributed by atoms with E-state index in [1.54, 1.807) is 25.2 Å². The number of aliphatic hydroxyl groups excluding tert-OH is 1. The number of likely N-dealkylation sites (N-methyl/N-ethyl adjacent to an activating group) is 1. The van der Waals surface area contributed by atoms with Crippen molar-refractivity contribution in [1.82, 2.24) is 4.90 Å². The van der Waals surface area contributed by atoms with Crippen LogP contribution in [0.1, 0.15) is 0 Å². The number of halogens is 2. The van der Waals surface area contributed by atoms with Crippen LogP contribution in [0, 0.1) is 0 Å². The van der Waals surface area contributed by atoms with Crippen LogP contribution >= 0.6 is 27.5 Å². The maximum atomic E-state index is 11.6. The number of nitrogens with one attached hydrogen (secondary N) is 1. The molecule has 0 aliphatic rings. The first-order valence-corrected chi connectivity index (χ1v) is 5.79. The molecular formula is C10H12BrClN2O2. The first-order chi connectivity index (χ1) is 7.54. The van der Waals surface area contributed by atoms with Gasteiger partial charge in [0.2, 0.25) is 0 Å². The van der Waals surface area contributed by atoms with Crippen LogP contribution in [0.2, 0.25) is 5.02 Å². The van der Waals surface area contributed by atoms with E-state index in [1.807, 2.05) is 0 Å². The van der Waals surface area contributed by atoms with Crippen molar-refractivity contribution in [3.05, 3.63) is 27.7 Å². The van der Waals surface area contributed by atoms with Gasteiger partial charge < -0.3 is 15.3 Å². The molecule has 6 heteroatoms. The number of hydrogen-bond donors (Lipinski definition) is 2. The second kappa shape index (κ2) is 6.08. The smallest absolute Gasteiger partial charge is 0.321 e. The third-order valence-electron chi connectivity index (χ3n) is 1.95. The van der Waals surface area contributed by atoms with Crippen molar-refractivity contribution in [2.75, 3.05) is 25.5 Å². The van der Waals surface area contributed by atoms with Gasteiger partial charge >= 0.3 is 6.03 Å². The summed E-state index contributed by atoms with van der Waals surface area (Å²) in [4.78, 5) is 12.9. The third-order valence-corrected chi connectivity index (χ3v) is 2.76. The lowest BCUT2D eigenvalue weighted by Crippen LogP contribution is -2.33. The van der Waals surface area contributed by atoms with Crippen molar-refractivity contribution >= 4 is 39.2 Å². The molecule has 88 valence electrons. The minimum absolute atomic E-state index is 0.0714. The molecule has 0 aromatic heterocycles. The van der Waals surface area contributed by atoms with E-state index in [-0.39, 0.29) is 19.2 Å². The molecule has 2 N–H and O–H groups in total. The van der Waals surface area contributed by atoms with Crippen molar-refractivity contribution < 1.29 is 9.90 Å². The molecule has 0 aliphatic heterocycles. The van der Waals surface area contributed by atoms with Gasteiger partial charge in [-0.3, -0.25) is 0 Å². The fourth-order valence-corrected chi connectivity index (χ4v) is 1.77. The molecule has 0 saturated carbocycles. The van der Waals surface area contributed by atoms with Gasteiger partial charge in [0.15, 0.2) is 0 Å². The van der Waals surface area contributed by atoms with Crippen LogP contribution < -0.4 is 5.32 Å². The second-order valence-electron chi connectivity index (χ2n) is 3.20. The number of hydrogen-bond acceptors (Lipinski definition) is 2. The normalized spacial score (nSPS) is 10.0. The topological polar surface area (TPSA) is 52.6 Å². The lowest BCUT2D eigenvalue weighted by Gasteiger charge is -2.17. The summed E-state index contributed by atoms with van der Waals surface area (Å²) < 4.78 is 0.846. The number of carbonyl (C=O) groups excluding carboxylic acids is 1. The third kappa shape index (κ3) is 3.66. The first-order valence-electron chi connectivity index (χ1n) is 4.62. The minimum atomic E-state index is -0.307. The quantitative estimate of drug-likeness (QED) is 0.902. The molecule has 0 saturated heterocycles. The number of urea groups is 1. The molecule has 0 atom stereocenters. The average molecular weight is 308 g/mol. The number of benzene rings is 1. The maximum Gasteiger partial charge on any atom is 0.321 e. The van der Waals surface area contributed by atoms with Crippen LogP contribution in [0.25, 0.3) is 0 Å². The van der Waals surface area contributed by atoms with Gasteiger partial charge in [0, 0.05) is 18.1 Å². The van der Waals surface area contributed by atoms with Crippen LogP contribution in [0.3, 0.4) is 0 Å². The Bertz CT molecular complexity index is 387. The van der Waals surface area contributed by atoms with Crippen molar-refractivity contribution in [1.29, 1.82) is 0 Å². The monoisotopic (exact) mass is 306 g/mol. The molecule has 4 nitrogen and oxygen atoms in total. The van der Waals surface area contributed by atoms with Crippen LogP contribution in [-0.4, -0.2) is 36.2 Å². The molecule has 0 spiro atoms. The van der Waals surface area contributed by atoms with Crippen molar-refractivity contribution in [3.8, 4) is 0 Å². The highest BCUT2D eigenvalue weighted by Gasteiger charge is 2.09. The van der Waals surface area contributed by atoms with E-state index in [2.05, 4.69) is 21.2 Å². The van der Waals surface area contributed by atoms with Gasteiger partial charge in [-0.2, -0.15) is 0 Å². The van der Waals surface area contributed by atoms with Gasteiger partial charge in [0.25, 0.3) is 0 Å². The number of anilines is 1. The van der Waals surface area contributed by atoms with E-state index in [4.69, 9.17) is 16.7 Å². The first kappa shape index (κ1) is 13.3. The molecule has 0 fully saturated rings. The van der Waals surface area contributed by atoms with Gasteiger partial charge in [-0.15, -0.1) is 0 Å². The Morgan fingerprint density at radius 2 is 2.31 bits per heavy atom. The Hall–Kier alpha value is -0.780. The standard InChI is InChI=1S/C10H12BrClN2O2/c1-14(4-5-15)10(16)13-9-3-2-7(11)6-8(9)12/h2-3,6,15H,4-5H2,1H3,(H,13,16). The van der Waals surface area contributed by atoms with Crippen LogP contribution in [-0.2, 0) is 0 Å². The van der Waals surface area contributed by atoms with E-state index < -0.39 is 0 Å². The number of nitrogens with zero attached hydrogens (tertiary/aromatic N) is 1. The molecular weight excluding hydrogens is 295 g/mol. The Labute approximate surface area is 107 Å². The predicted octanol–water partition coefficient (Wildman–Crippen LogP) is 2.56. The fourth-order valence-electron chi connectivity index (χ4n) is 1.05. The second-order valence-corrected chi connectivity index (χ2v) is 4.52. The lowest BCUT2D eigenvalue weighted by molar-refractivity contribution is 0.202. The molecule has 1 aromatic rings. The summed E-state index contributed by atoms with van der Waals surface area (Å²) in [7, 11) is 1.60. The molecule has 0 bridgehead atoms. The van der Waals surface area contributed by atoms with Gasteiger partial charge in [-0.1, -0.05) is 27.5 Å². The van der Waals surface area contributed by atoms with E-state index in [9.17, 15) is 4.79 Å². The van der Waals surface area contributed by atoms with Gasteiger partial charge in [0.1, 0.15) is 0 Å². The Kier molecular flexibility index (Phi) is 5.05. The van der Waals surface area contributed by atoms with Gasteiger partial charge in [0.05, 0.1) is 17.3 Å². The molecule has 0 aliphatic carbocycles. The van der Waals surface area contributed by atoms with Crippen molar-refractivity contribution in [3.63, 3.8) is 0 Å². The summed E-state index contributed by atoms with van der Waals surface area (Å²) in [6.45, 7) is 0.206.